The van der Waals surface area contributed by atoms with Gasteiger partial charge in [0.2, 0.25) is 5.88 Å². The third-order valence-corrected chi connectivity index (χ3v) is 3.67. The maximum Gasteiger partial charge on any atom is 0.433 e. The first-order chi connectivity index (χ1) is 10.1. The fourth-order valence-corrected chi connectivity index (χ4v) is 2.17. The Hall–Kier alpha value is -2.04. The summed E-state index contributed by atoms with van der Waals surface area (Å²) in [6.45, 7) is 0. The van der Waals surface area contributed by atoms with Crippen LogP contribution >= 0.6 is 10.2 Å². The second-order valence-electron chi connectivity index (χ2n) is 4.40. The molecule has 2 rings (SSSR count). The summed E-state index contributed by atoms with van der Waals surface area (Å²) >= 11 is 0. The first-order valence-corrected chi connectivity index (χ1v) is 7.66. The summed E-state index contributed by atoms with van der Waals surface area (Å²) < 4.78 is 105. The summed E-state index contributed by atoms with van der Waals surface area (Å²) in [7, 11) is -9.81. The lowest BCUT2D eigenvalue weighted by molar-refractivity contribution is -0.141. The molecule has 2 aromatic rings. The van der Waals surface area contributed by atoms with Crippen molar-refractivity contribution in [3.8, 4) is 11.6 Å². The van der Waals surface area contributed by atoms with Crippen LogP contribution in [0.3, 0.4) is 0 Å². The smallest absolute Gasteiger partial charge is 0.433 e. The van der Waals surface area contributed by atoms with E-state index in [1.165, 1.54) is 0 Å². The summed E-state index contributed by atoms with van der Waals surface area (Å²) in [5, 5.41) is 0. The fraction of sp³-hybridized carbons (Fsp3) is 0.0833. The molecule has 0 fully saturated rings. The second-order valence-corrected chi connectivity index (χ2v) is 6.81. The molecule has 23 heavy (non-hydrogen) atoms. The number of pyridine rings is 1. The minimum Gasteiger partial charge on any atom is -0.439 e. The van der Waals surface area contributed by atoms with Crippen molar-refractivity contribution < 1.29 is 37.3 Å². The molecule has 0 saturated carbocycles. The number of ether oxygens (including phenoxy) is 1. The molecular formula is C12H7F8NOS. The van der Waals surface area contributed by atoms with Crippen LogP contribution in [0.5, 0.6) is 11.6 Å². The number of rotatable bonds is 3. The Bertz CT molecular complexity index is 724. The van der Waals surface area contributed by atoms with Crippen LogP contribution in [0.15, 0.2) is 47.4 Å². The highest BCUT2D eigenvalue weighted by Crippen LogP contribution is 3.02. The van der Waals surface area contributed by atoms with Gasteiger partial charge in [-0.25, -0.2) is 4.98 Å². The van der Waals surface area contributed by atoms with Gasteiger partial charge in [-0.1, -0.05) is 25.5 Å². The molecule has 0 atom stereocenters. The average Bonchev–Trinajstić information content (AvgIpc) is 2.36. The van der Waals surface area contributed by atoms with E-state index in [4.69, 9.17) is 4.74 Å². The lowest BCUT2D eigenvalue weighted by atomic mass is 10.3. The van der Waals surface area contributed by atoms with Gasteiger partial charge in [-0.05, 0) is 30.3 Å². The number of benzene rings is 1. The number of hydrogen-bond acceptors (Lipinski definition) is 2. The molecule has 0 aliphatic carbocycles. The minimum atomic E-state index is -9.81. The Morgan fingerprint density at radius 1 is 0.826 bits per heavy atom. The Morgan fingerprint density at radius 2 is 1.39 bits per heavy atom. The second kappa shape index (κ2) is 4.49. The number of nitrogens with zero attached hydrogens (tertiary/aromatic N) is 1. The Labute approximate surface area is 124 Å². The molecule has 2 nitrogen and oxygen atoms in total. The fourth-order valence-electron chi connectivity index (χ4n) is 1.52. The standard InChI is InChI=1S/C12H7F8NOS/c13-12(14,15)10-2-1-3-11(21-10)22-8-4-6-9(7-5-8)23(16,17,18,19)20/h1-7H. The van der Waals surface area contributed by atoms with Gasteiger partial charge in [0, 0.05) is 6.07 Å². The van der Waals surface area contributed by atoms with Gasteiger partial charge < -0.3 is 4.74 Å². The van der Waals surface area contributed by atoms with Gasteiger partial charge in [0.15, 0.2) is 0 Å². The third-order valence-electron chi connectivity index (χ3n) is 2.51. The molecule has 1 aromatic carbocycles. The number of aromatic nitrogens is 1. The van der Waals surface area contributed by atoms with Crippen LogP contribution in [0.1, 0.15) is 5.69 Å². The van der Waals surface area contributed by atoms with Crippen LogP contribution in [0, 0.1) is 0 Å². The summed E-state index contributed by atoms with van der Waals surface area (Å²) in [4.78, 5) is 0.997. The van der Waals surface area contributed by atoms with E-state index in [-0.39, 0.29) is 17.9 Å². The molecule has 1 heterocycles. The van der Waals surface area contributed by atoms with Gasteiger partial charge in [0.05, 0.1) is 0 Å². The summed E-state index contributed by atoms with van der Waals surface area (Å²) in [5.41, 5.74) is -1.27. The molecule has 0 radical (unpaired) electrons. The van der Waals surface area contributed by atoms with E-state index in [0.29, 0.717) is 18.2 Å². The molecule has 0 spiro atoms. The molecule has 0 N–H and O–H groups in total. The van der Waals surface area contributed by atoms with Crippen LogP contribution < -0.4 is 4.74 Å². The zero-order valence-corrected chi connectivity index (χ0v) is 11.6. The summed E-state index contributed by atoms with van der Waals surface area (Å²) in [6.07, 6.45) is -4.73. The van der Waals surface area contributed by atoms with Crippen molar-refractivity contribution in [1.82, 2.24) is 4.98 Å². The monoisotopic (exact) mass is 365 g/mol. The molecule has 0 aliphatic heterocycles. The lowest BCUT2D eigenvalue weighted by Crippen LogP contribution is -2.08. The molecule has 0 aliphatic rings. The van der Waals surface area contributed by atoms with Gasteiger partial charge in [-0.3, -0.25) is 0 Å². The largest absolute Gasteiger partial charge is 0.439 e. The summed E-state index contributed by atoms with van der Waals surface area (Å²) in [6, 6.07) is 3.99. The lowest BCUT2D eigenvalue weighted by Gasteiger charge is -2.40. The molecule has 0 saturated heterocycles. The van der Waals surface area contributed by atoms with Gasteiger partial charge in [0.25, 0.3) is 0 Å². The van der Waals surface area contributed by atoms with Gasteiger partial charge in [0.1, 0.15) is 16.3 Å². The minimum absolute atomic E-state index is 0.0878. The highest BCUT2D eigenvalue weighted by Gasteiger charge is 2.65. The molecule has 1 aromatic heterocycles. The predicted molar refractivity (Wildman–Crippen MR) is 67.2 cm³/mol. The zero-order chi connectivity index (χ0) is 17.6. The van der Waals surface area contributed by atoms with Gasteiger partial charge in [-0.15, -0.1) is 0 Å². The molecular weight excluding hydrogens is 358 g/mol. The first kappa shape index (κ1) is 17.3. The average molecular weight is 365 g/mol. The highest BCUT2D eigenvalue weighted by atomic mass is 32.5. The van der Waals surface area contributed by atoms with E-state index in [0.717, 1.165) is 12.1 Å². The van der Waals surface area contributed by atoms with E-state index in [1.54, 1.807) is 0 Å². The van der Waals surface area contributed by atoms with Crippen LogP contribution in [0.4, 0.5) is 32.6 Å². The van der Waals surface area contributed by atoms with E-state index in [2.05, 4.69) is 4.98 Å². The summed E-state index contributed by atoms with van der Waals surface area (Å²) in [5.74, 6) is -0.915. The molecule has 0 amide bonds. The van der Waals surface area contributed by atoms with E-state index >= 15 is 0 Å². The van der Waals surface area contributed by atoms with Crippen molar-refractivity contribution >= 4 is 10.2 Å². The van der Waals surface area contributed by atoms with E-state index in [9.17, 15) is 32.6 Å². The maximum absolute atomic E-state index is 12.5. The maximum atomic E-state index is 12.5. The molecule has 128 valence electrons. The SMILES string of the molecule is FC(F)(F)c1cccc(Oc2ccc(S(F)(F)(F)(F)F)cc2)n1. The van der Waals surface area contributed by atoms with Gasteiger partial charge in [-0.2, -0.15) is 13.2 Å². The van der Waals surface area contributed by atoms with Crippen LogP contribution in [0.25, 0.3) is 0 Å². The van der Waals surface area contributed by atoms with E-state index < -0.39 is 32.9 Å². The zero-order valence-electron chi connectivity index (χ0n) is 10.8. The topological polar surface area (TPSA) is 22.1 Å². The molecule has 0 bridgehead atoms. The van der Waals surface area contributed by atoms with Crippen molar-refractivity contribution in [2.75, 3.05) is 0 Å². The van der Waals surface area contributed by atoms with Crippen LogP contribution in [-0.4, -0.2) is 4.98 Å². The molecule has 0 unspecified atom stereocenters. The van der Waals surface area contributed by atoms with Gasteiger partial charge >= 0.3 is 16.4 Å². The number of alkyl halides is 3. The highest BCUT2D eigenvalue weighted by molar-refractivity contribution is 8.45. The van der Waals surface area contributed by atoms with Crippen molar-refractivity contribution in [3.05, 3.63) is 48.2 Å². The number of halogens is 8. The van der Waals surface area contributed by atoms with E-state index in [1.807, 2.05) is 0 Å². The predicted octanol–water partition coefficient (Wildman–Crippen LogP) is 6.55. The van der Waals surface area contributed by atoms with Crippen LogP contribution in [-0.2, 0) is 6.18 Å². The number of hydrogen-bond donors (Lipinski definition) is 0. The van der Waals surface area contributed by atoms with Crippen LogP contribution in [0.2, 0.25) is 0 Å². The Morgan fingerprint density at radius 3 is 1.87 bits per heavy atom. The van der Waals surface area contributed by atoms with Crippen molar-refractivity contribution in [1.29, 1.82) is 0 Å². The van der Waals surface area contributed by atoms with Crippen molar-refractivity contribution in [2.45, 2.75) is 11.1 Å². The Kier molecular flexibility index (Phi) is 3.38. The quantitative estimate of drug-likeness (QED) is 0.576. The molecule has 11 heteroatoms. The normalized spacial score (nSPS) is 15.7. The first-order valence-electron chi connectivity index (χ1n) is 5.71. The third kappa shape index (κ3) is 4.47. The van der Waals surface area contributed by atoms with Crippen molar-refractivity contribution in [2.24, 2.45) is 0 Å². The Balaban J connectivity index is 2.27. The van der Waals surface area contributed by atoms with Crippen molar-refractivity contribution in [3.63, 3.8) is 0 Å².